The summed E-state index contributed by atoms with van der Waals surface area (Å²) < 4.78 is 30.0. The minimum absolute atomic E-state index is 0.285. The van der Waals surface area contributed by atoms with Crippen molar-refractivity contribution in [1.82, 2.24) is 0 Å². The third kappa shape index (κ3) is 2.51. The molecule has 0 aliphatic heterocycles. The van der Waals surface area contributed by atoms with Crippen molar-refractivity contribution in [1.29, 1.82) is 0 Å². The summed E-state index contributed by atoms with van der Waals surface area (Å²) in [5, 5.41) is 9.91. The first-order valence-electron chi connectivity index (χ1n) is 5.67. The Balaban J connectivity index is 2.04. The van der Waals surface area contributed by atoms with Crippen molar-refractivity contribution in [3.63, 3.8) is 0 Å². The first kappa shape index (κ1) is 13.0. The normalized spacial score (nSPS) is 20.0. The quantitative estimate of drug-likeness (QED) is 0.845. The number of aliphatic hydroxyl groups is 1. The van der Waals surface area contributed by atoms with Crippen molar-refractivity contribution in [2.75, 3.05) is 7.11 Å². The van der Waals surface area contributed by atoms with Crippen LogP contribution >= 0.6 is 0 Å². The largest absolute Gasteiger partial charge is 0.465 e. The van der Waals surface area contributed by atoms with Crippen LogP contribution in [0.5, 0.6) is 0 Å². The highest BCUT2D eigenvalue weighted by atomic mass is 19.3. The maximum Gasteiger partial charge on any atom is 0.337 e. The summed E-state index contributed by atoms with van der Waals surface area (Å²) in [6.07, 6.45) is -1.48. The second-order valence-corrected chi connectivity index (χ2v) is 4.58. The fraction of sp³-hybridized carbons (Fsp3) is 0.462. The summed E-state index contributed by atoms with van der Waals surface area (Å²) in [5.41, 5.74) is 0.913. The second kappa shape index (κ2) is 4.65. The van der Waals surface area contributed by atoms with E-state index in [2.05, 4.69) is 4.74 Å². The van der Waals surface area contributed by atoms with Crippen LogP contribution in [-0.4, -0.2) is 24.1 Å². The summed E-state index contributed by atoms with van der Waals surface area (Å²) in [6, 6.07) is 6.16. The molecule has 1 aromatic rings. The molecule has 1 aromatic carbocycles. The highest BCUT2D eigenvalue weighted by Crippen LogP contribution is 2.48. The number of rotatable bonds is 3. The zero-order valence-electron chi connectivity index (χ0n) is 9.90. The van der Waals surface area contributed by atoms with E-state index in [9.17, 15) is 18.7 Å². The molecule has 0 bridgehead atoms. The molecule has 1 saturated carbocycles. The smallest absolute Gasteiger partial charge is 0.337 e. The summed E-state index contributed by atoms with van der Waals surface area (Å²) >= 11 is 0. The van der Waals surface area contributed by atoms with E-state index in [-0.39, 0.29) is 12.8 Å². The molecule has 1 atom stereocenters. The van der Waals surface area contributed by atoms with Gasteiger partial charge in [-0.3, -0.25) is 0 Å². The molecule has 18 heavy (non-hydrogen) atoms. The molecule has 0 radical (unpaired) electrons. The van der Waals surface area contributed by atoms with Crippen molar-refractivity contribution in [2.45, 2.75) is 24.9 Å². The Morgan fingerprint density at radius 3 is 2.39 bits per heavy atom. The van der Waals surface area contributed by atoms with Gasteiger partial charge in [-0.15, -0.1) is 0 Å². The third-order valence-corrected chi connectivity index (χ3v) is 3.24. The SMILES string of the molecule is COC(=O)c1ccc(C(O)C2CC(F)(F)C2)cc1. The summed E-state index contributed by atoms with van der Waals surface area (Å²) in [6.45, 7) is 0. The first-order chi connectivity index (χ1) is 8.43. The molecule has 1 unspecified atom stereocenters. The second-order valence-electron chi connectivity index (χ2n) is 4.58. The molecule has 0 saturated heterocycles. The zero-order chi connectivity index (χ0) is 13.3. The van der Waals surface area contributed by atoms with Crippen LogP contribution in [0.3, 0.4) is 0 Å². The lowest BCUT2D eigenvalue weighted by atomic mass is 9.75. The number of hydrogen-bond donors (Lipinski definition) is 1. The Morgan fingerprint density at radius 1 is 1.39 bits per heavy atom. The van der Waals surface area contributed by atoms with Crippen molar-refractivity contribution in [3.8, 4) is 0 Å². The zero-order valence-corrected chi connectivity index (χ0v) is 9.90. The molecule has 0 aromatic heterocycles. The summed E-state index contributed by atoms with van der Waals surface area (Å²) in [4.78, 5) is 11.2. The van der Waals surface area contributed by atoms with Crippen molar-refractivity contribution < 1.29 is 23.4 Å². The van der Waals surface area contributed by atoms with Gasteiger partial charge < -0.3 is 9.84 Å². The molecule has 5 heteroatoms. The number of esters is 1. The molecular weight excluding hydrogens is 242 g/mol. The molecule has 0 heterocycles. The molecule has 1 aliphatic carbocycles. The van der Waals surface area contributed by atoms with Crippen LogP contribution in [0.1, 0.15) is 34.9 Å². The van der Waals surface area contributed by atoms with Gasteiger partial charge in [-0.25, -0.2) is 13.6 Å². The Morgan fingerprint density at radius 2 is 1.94 bits per heavy atom. The van der Waals surface area contributed by atoms with Gasteiger partial charge in [0.2, 0.25) is 5.92 Å². The van der Waals surface area contributed by atoms with E-state index in [4.69, 9.17) is 0 Å². The number of carbonyl (C=O) groups excluding carboxylic acids is 1. The van der Waals surface area contributed by atoms with Crippen LogP contribution in [0.25, 0.3) is 0 Å². The van der Waals surface area contributed by atoms with Crippen molar-refractivity contribution in [2.24, 2.45) is 5.92 Å². The van der Waals surface area contributed by atoms with Gasteiger partial charge in [0.15, 0.2) is 0 Å². The highest BCUT2D eigenvalue weighted by molar-refractivity contribution is 5.89. The van der Waals surface area contributed by atoms with E-state index in [1.165, 1.54) is 19.2 Å². The van der Waals surface area contributed by atoms with Crippen molar-refractivity contribution in [3.05, 3.63) is 35.4 Å². The maximum atomic E-state index is 12.7. The minimum Gasteiger partial charge on any atom is -0.465 e. The van der Waals surface area contributed by atoms with E-state index >= 15 is 0 Å². The van der Waals surface area contributed by atoms with Gasteiger partial charge in [-0.05, 0) is 17.7 Å². The summed E-state index contributed by atoms with van der Waals surface area (Å²) in [7, 11) is 1.28. The third-order valence-electron chi connectivity index (χ3n) is 3.24. The highest BCUT2D eigenvalue weighted by Gasteiger charge is 2.48. The number of aliphatic hydroxyl groups excluding tert-OH is 1. The minimum atomic E-state index is -2.64. The van der Waals surface area contributed by atoms with Crippen LogP contribution in [0, 0.1) is 5.92 Å². The van der Waals surface area contributed by atoms with Gasteiger partial charge in [-0.1, -0.05) is 12.1 Å². The van der Waals surface area contributed by atoms with E-state index in [1.54, 1.807) is 12.1 Å². The van der Waals surface area contributed by atoms with E-state index in [1.807, 2.05) is 0 Å². The monoisotopic (exact) mass is 256 g/mol. The number of methoxy groups -OCH3 is 1. The fourth-order valence-electron chi connectivity index (χ4n) is 2.14. The van der Waals surface area contributed by atoms with Crippen LogP contribution in [0.4, 0.5) is 8.78 Å². The molecule has 0 spiro atoms. The molecule has 0 amide bonds. The van der Waals surface area contributed by atoms with E-state index < -0.39 is 23.9 Å². The van der Waals surface area contributed by atoms with Gasteiger partial charge in [0.1, 0.15) is 0 Å². The average molecular weight is 256 g/mol. The predicted molar refractivity (Wildman–Crippen MR) is 60.4 cm³/mol. The first-order valence-corrected chi connectivity index (χ1v) is 5.67. The Kier molecular flexibility index (Phi) is 3.34. The lowest BCUT2D eigenvalue weighted by Gasteiger charge is -2.38. The molecule has 3 nitrogen and oxygen atoms in total. The van der Waals surface area contributed by atoms with Crippen LogP contribution in [0.15, 0.2) is 24.3 Å². The van der Waals surface area contributed by atoms with Gasteiger partial charge in [-0.2, -0.15) is 0 Å². The Hall–Kier alpha value is -1.49. The topological polar surface area (TPSA) is 46.5 Å². The van der Waals surface area contributed by atoms with Gasteiger partial charge in [0.25, 0.3) is 0 Å². The lowest BCUT2D eigenvalue weighted by molar-refractivity contribution is -0.142. The fourth-order valence-corrected chi connectivity index (χ4v) is 2.14. The van der Waals surface area contributed by atoms with Gasteiger partial charge >= 0.3 is 5.97 Å². The molecule has 1 fully saturated rings. The lowest BCUT2D eigenvalue weighted by Crippen LogP contribution is -2.38. The van der Waals surface area contributed by atoms with Crippen LogP contribution in [0.2, 0.25) is 0 Å². The molecule has 1 aliphatic rings. The Labute approximate surface area is 103 Å². The van der Waals surface area contributed by atoms with Crippen molar-refractivity contribution >= 4 is 5.97 Å². The molecule has 98 valence electrons. The van der Waals surface area contributed by atoms with Crippen LogP contribution < -0.4 is 0 Å². The number of hydrogen-bond acceptors (Lipinski definition) is 3. The number of alkyl halides is 2. The summed E-state index contributed by atoms with van der Waals surface area (Å²) in [5.74, 6) is -3.52. The maximum absolute atomic E-state index is 12.7. The average Bonchev–Trinajstić information content (AvgIpc) is 2.34. The van der Waals surface area contributed by atoms with Crippen LogP contribution in [-0.2, 0) is 4.74 Å². The predicted octanol–water partition coefficient (Wildman–Crippen LogP) is 2.55. The molecule has 1 N–H and O–H groups in total. The number of halogens is 2. The number of benzene rings is 1. The van der Waals surface area contributed by atoms with Gasteiger partial charge in [0.05, 0.1) is 18.8 Å². The van der Waals surface area contributed by atoms with E-state index in [0.717, 1.165) is 0 Å². The Bertz CT molecular complexity index is 434. The number of ether oxygens (including phenoxy) is 1. The van der Waals surface area contributed by atoms with Gasteiger partial charge in [0, 0.05) is 18.8 Å². The molecule has 2 rings (SSSR count). The standard InChI is InChI=1S/C13H14F2O3/c1-18-12(17)9-4-2-8(3-5-9)11(16)10-6-13(14,15)7-10/h2-5,10-11,16H,6-7H2,1H3. The molecular formula is C13H14F2O3. The number of carbonyl (C=O) groups is 1. The van der Waals surface area contributed by atoms with E-state index in [0.29, 0.717) is 11.1 Å².